The molecule has 0 atom stereocenters. The maximum Gasteiger partial charge on any atom is 0.0640 e. The molecule has 2 nitrogen and oxygen atoms in total. The van der Waals surface area contributed by atoms with Crippen molar-refractivity contribution >= 4 is 11.4 Å². The van der Waals surface area contributed by atoms with Gasteiger partial charge in [0.05, 0.1) is 11.4 Å². The fourth-order valence-corrected chi connectivity index (χ4v) is 6.11. The van der Waals surface area contributed by atoms with E-state index >= 15 is 0 Å². The number of hydrogen-bond donors (Lipinski definition) is 2. The Morgan fingerprint density at radius 3 is 1.17 bits per heavy atom. The smallest absolute Gasteiger partial charge is 0.0640 e. The van der Waals surface area contributed by atoms with Crippen molar-refractivity contribution in [2.45, 2.75) is 27.7 Å². The van der Waals surface area contributed by atoms with Crippen LogP contribution in [0.1, 0.15) is 22.3 Å². The van der Waals surface area contributed by atoms with Crippen LogP contribution in [0, 0.1) is 27.7 Å². The Labute approximate surface area is 249 Å². The number of benzene rings is 6. The topological polar surface area (TPSA) is 52.0 Å². The monoisotopic (exact) mass is 544 g/mol. The molecule has 0 aliphatic heterocycles. The van der Waals surface area contributed by atoms with Gasteiger partial charge in [0.15, 0.2) is 0 Å². The van der Waals surface area contributed by atoms with E-state index in [2.05, 4.69) is 149 Å². The van der Waals surface area contributed by atoms with Crippen LogP contribution in [-0.4, -0.2) is 0 Å². The van der Waals surface area contributed by atoms with Gasteiger partial charge in [-0.1, -0.05) is 144 Å². The number of nitrogens with two attached hydrogens (primary N) is 2. The van der Waals surface area contributed by atoms with Crippen molar-refractivity contribution in [1.82, 2.24) is 0 Å². The van der Waals surface area contributed by atoms with Crippen molar-refractivity contribution in [3.05, 3.63) is 144 Å². The van der Waals surface area contributed by atoms with Crippen molar-refractivity contribution < 1.29 is 0 Å². The van der Waals surface area contributed by atoms with Crippen LogP contribution in [0.4, 0.5) is 11.4 Å². The van der Waals surface area contributed by atoms with Crippen LogP contribution in [0.25, 0.3) is 55.6 Å². The molecule has 0 fully saturated rings. The normalized spacial score (nSPS) is 11.0. The third-order valence-corrected chi connectivity index (χ3v) is 8.02. The van der Waals surface area contributed by atoms with Gasteiger partial charge in [-0.2, -0.15) is 0 Å². The first-order valence-electron chi connectivity index (χ1n) is 14.4. The fourth-order valence-electron chi connectivity index (χ4n) is 6.11. The number of hydrogen-bond acceptors (Lipinski definition) is 2. The Kier molecular flexibility index (Phi) is 7.14. The highest BCUT2D eigenvalue weighted by Crippen LogP contribution is 2.53. The van der Waals surface area contributed by atoms with E-state index in [0.29, 0.717) is 11.4 Å². The summed E-state index contributed by atoms with van der Waals surface area (Å²) in [6.07, 6.45) is 0. The second-order valence-corrected chi connectivity index (χ2v) is 11.4. The first-order chi connectivity index (χ1) is 20.3. The van der Waals surface area contributed by atoms with E-state index in [0.717, 1.165) is 55.6 Å². The summed E-state index contributed by atoms with van der Waals surface area (Å²) in [7, 11) is 0. The van der Waals surface area contributed by atoms with Gasteiger partial charge in [-0.25, -0.2) is 0 Å². The molecule has 0 aliphatic carbocycles. The first kappa shape index (κ1) is 27.1. The quantitative estimate of drug-likeness (QED) is 0.212. The third kappa shape index (κ3) is 4.97. The van der Waals surface area contributed by atoms with E-state index in [1.54, 1.807) is 0 Å². The van der Waals surface area contributed by atoms with Crippen LogP contribution in [0.15, 0.2) is 121 Å². The van der Waals surface area contributed by atoms with Gasteiger partial charge in [0.2, 0.25) is 0 Å². The molecule has 0 radical (unpaired) electrons. The van der Waals surface area contributed by atoms with Gasteiger partial charge in [-0.3, -0.25) is 0 Å². The molecular formula is C40H36N2. The van der Waals surface area contributed by atoms with Gasteiger partial charge >= 0.3 is 0 Å². The lowest BCUT2D eigenvalue weighted by molar-refractivity contribution is 1.44. The lowest BCUT2D eigenvalue weighted by Gasteiger charge is -2.26. The Bertz CT molecular complexity index is 1950. The molecule has 206 valence electrons. The van der Waals surface area contributed by atoms with Crippen LogP contribution in [-0.2, 0) is 0 Å². The summed E-state index contributed by atoms with van der Waals surface area (Å²) in [6, 6.07) is 43.1. The first-order valence-corrected chi connectivity index (χ1v) is 14.4. The molecule has 0 heterocycles. The summed E-state index contributed by atoms with van der Waals surface area (Å²) in [5, 5.41) is 0. The van der Waals surface area contributed by atoms with Crippen LogP contribution in [0.3, 0.4) is 0 Å². The number of aryl methyl sites for hydroxylation is 4. The molecular weight excluding hydrogens is 508 g/mol. The maximum atomic E-state index is 7.20. The minimum Gasteiger partial charge on any atom is -0.397 e. The number of rotatable bonds is 5. The molecule has 42 heavy (non-hydrogen) atoms. The SMILES string of the molecule is Cc1cccc(-c2ccccc2-c2c(N)c(N)c(-c3cccc(C)c3)c(-c3cccc(C)c3)c2-c2cccc(C)c2)c1. The van der Waals surface area contributed by atoms with Gasteiger partial charge in [-0.15, -0.1) is 0 Å². The van der Waals surface area contributed by atoms with Crippen LogP contribution < -0.4 is 11.5 Å². The molecule has 0 bridgehead atoms. The van der Waals surface area contributed by atoms with Crippen molar-refractivity contribution in [1.29, 1.82) is 0 Å². The Hall–Kier alpha value is -5.08. The van der Waals surface area contributed by atoms with Gasteiger partial charge in [0.25, 0.3) is 0 Å². The van der Waals surface area contributed by atoms with E-state index in [9.17, 15) is 0 Å². The molecule has 0 spiro atoms. The molecule has 4 N–H and O–H groups in total. The molecule has 6 aromatic rings. The second-order valence-electron chi connectivity index (χ2n) is 11.4. The molecule has 6 aromatic carbocycles. The molecule has 2 heteroatoms. The zero-order valence-electron chi connectivity index (χ0n) is 24.7. The predicted molar refractivity (Wildman–Crippen MR) is 181 cm³/mol. The summed E-state index contributed by atoms with van der Waals surface area (Å²) >= 11 is 0. The van der Waals surface area contributed by atoms with E-state index < -0.39 is 0 Å². The van der Waals surface area contributed by atoms with Gasteiger partial charge < -0.3 is 11.5 Å². The van der Waals surface area contributed by atoms with Crippen LogP contribution >= 0.6 is 0 Å². The van der Waals surface area contributed by atoms with E-state index in [1.807, 2.05) is 0 Å². The zero-order valence-corrected chi connectivity index (χ0v) is 24.7. The number of nitrogen functional groups attached to an aromatic ring is 2. The van der Waals surface area contributed by atoms with Crippen LogP contribution in [0.5, 0.6) is 0 Å². The van der Waals surface area contributed by atoms with Gasteiger partial charge in [0.1, 0.15) is 0 Å². The molecule has 0 aliphatic rings. The lowest BCUT2D eigenvalue weighted by Crippen LogP contribution is -2.06. The minimum absolute atomic E-state index is 0.597. The molecule has 0 saturated carbocycles. The third-order valence-electron chi connectivity index (χ3n) is 8.02. The zero-order chi connectivity index (χ0) is 29.4. The lowest BCUT2D eigenvalue weighted by atomic mass is 9.79. The predicted octanol–water partition coefficient (Wildman–Crippen LogP) is 10.4. The van der Waals surface area contributed by atoms with Crippen molar-refractivity contribution in [3.63, 3.8) is 0 Å². The second kappa shape index (κ2) is 11.1. The average Bonchev–Trinajstić information content (AvgIpc) is 2.98. The highest BCUT2D eigenvalue weighted by atomic mass is 14.7. The Balaban J connectivity index is 1.83. The summed E-state index contributed by atoms with van der Waals surface area (Å²) in [6.45, 7) is 8.52. The Morgan fingerprint density at radius 2 is 0.690 bits per heavy atom. The molecule has 0 saturated heterocycles. The fraction of sp³-hybridized carbons (Fsp3) is 0.100. The van der Waals surface area contributed by atoms with E-state index in [1.165, 1.54) is 22.3 Å². The maximum absolute atomic E-state index is 7.20. The number of anilines is 2. The van der Waals surface area contributed by atoms with E-state index in [4.69, 9.17) is 11.5 Å². The summed E-state index contributed by atoms with van der Waals surface area (Å²) in [4.78, 5) is 0. The van der Waals surface area contributed by atoms with Crippen molar-refractivity contribution in [2.24, 2.45) is 0 Å². The summed E-state index contributed by atoms with van der Waals surface area (Å²) < 4.78 is 0. The average molecular weight is 545 g/mol. The standard InChI is InChI=1S/C40H36N2/c1-25-11-7-15-29(21-25)33-19-5-6-20-34(33)38-36(31-17-9-13-27(3)23-31)35(30-16-8-12-26(2)22-30)37(39(41)40(38)42)32-18-10-14-28(4)24-32/h5-24H,41-42H2,1-4H3. The van der Waals surface area contributed by atoms with Gasteiger partial charge in [0, 0.05) is 22.3 Å². The highest BCUT2D eigenvalue weighted by Gasteiger charge is 2.27. The van der Waals surface area contributed by atoms with E-state index in [-0.39, 0.29) is 0 Å². The molecule has 6 rings (SSSR count). The minimum atomic E-state index is 0.597. The summed E-state index contributed by atoms with van der Waals surface area (Å²) in [5.74, 6) is 0. The largest absolute Gasteiger partial charge is 0.397 e. The van der Waals surface area contributed by atoms with Crippen molar-refractivity contribution in [2.75, 3.05) is 11.5 Å². The Morgan fingerprint density at radius 1 is 0.333 bits per heavy atom. The molecule has 0 amide bonds. The van der Waals surface area contributed by atoms with Crippen LogP contribution in [0.2, 0.25) is 0 Å². The molecule has 0 aromatic heterocycles. The molecule has 0 unspecified atom stereocenters. The summed E-state index contributed by atoms with van der Waals surface area (Å²) in [5.41, 5.74) is 31.0. The highest BCUT2D eigenvalue weighted by molar-refractivity contribution is 6.13. The van der Waals surface area contributed by atoms with Gasteiger partial charge in [-0.05, 0) is 61.1 Å². The van der Waals surface area contributed by atoms with Crippen molar-refractivity contribution in [3.8, 4) is 55.6 Å².